The molecule has 3 heteroatoms. The van der Waals surface area contributed by atoms with Crippen LogP contribution in [0.4, 0.5) is 0 Å². The molecule has 1 atom stereocenters. The largest absolute Gasteiger partial charge is 0.496 e. The number of hydrogen-bond donors (Lipinski definition) is 1. The Bertz CT molecular complexity index is 373. The maximum atomic E-state index is 6.16. The molecule has 0 bridgehead atoms. The van der Waals surface area contributed by atoms with E-state index in [0.717, 1.165) is 36.3 Å². The molecule has 2 N–H and O–H groups in total. The van der Waals surface area contributed by atoms with Crippen molar-refractivity contribution in [3.63, 3.8) is 0 Å². The van der Waals surface area contributed by atoms with Crippen molar-refractivity contribution in [1.29, 1.82) is 0 Å². The van der Waals surface area contributed by atoms with Gasteiger partial charge in [0.05, 0.1) is 19.8 Å². The summed E-state index contributed by atoms with van der Waals surface area (Å²) in [4.78, 5) is 0. The van der Waals surface area contributed by atoms with Crippen LogP contribution in [-0.4, -0.2) is 14.2 Å². The van der Waals surface area contributed by atoms with Crippen LogP contribution in [0.2, 0.25) is 0 Å². The minimum Gasteiger partial charge on any atom is -0.496 e. The summed E-state index contributed by atoms with van der Waals surface area (Å²) in [5.41, 5.74) is 7.07. The Labute approximate surface area is 103 Å². The molecule has 0 aliphatic carbocycles. The zero-order valence-corrected chi connectivity index (χ0v) is 10.4. The Morgan fingerprint density at radius 2 is 1.88 bits per heavy atom. The van der Waals surface area contributed by atoms with Gasteiger partial charge < -0.3 is 15.2 Å². The predicted octanol–water partition coefficient (Wildman–Crippen LogP) is 2.51. The maximum absolute atomic E-state index is 6.16. The van der Waals surface area contributed by atoms with E-state index in [4.69, 9.17) is 21.6 Å². The fraction of sp³-hybridized carbons (Fsp3) is 0.429. The molecular formula is C14H19NO2. The monoisotopic (exact) mass is 233 g/mol. The quantitative estimate of drug-likeness (QED) is 0.606. The van der Waals surface area contributed by atoms with Gasteiger partial charge in [-0.1, -0.05) is 6.07 Å². The second kappa shape index (κ2) is 6.82. The summed E-state index contributed by atoms with van der Waals surface area (Å²) in [6.45, 7) is 0. The van der Waals surface area contributed by atoms with Crippen molar-refractivity contribution < 1.29 is 9.47 Å². The maximum Gasteiger partial charge on any atom is 0.127 e. The minimum absolute atomic E-state index is 0.116. The van der Waals surface area contributed by atoms with E-state index in [1.807, 2.05) is 18.2 Å². The lowest BCUT2D eigenvalue weighted by molar-refractivity contribution is 0.376. The van der Waals surface area contributed by atoms with Crippen molar-refractivity contribution in [2.45, 2.75) is 25.3 Å². The summed E-state index contributed by atoms with van der Waals surface area (Å²) in [7, 11) is 3.26. The van der Waals surface area contributed by atoms with Gasteiger partial charge in [0.25, 0.3) is 0 Å². The highest BCUT2D eigenvalue weighted by atomic mass is 16.5. The average Bonchev–Trinajstić information content (AvgIpc) is 2.37. The Morgan fingerprint density at radius 3 is 2.35 bits per heavy atom. The smallest absolute Gasteiger partial charge is 0.127 e. The summed E-state index contributed by atoms with van der Waals surface area (Å²) < 4.78 is 10.6. The van der Waals surface area contributed by atoms with E-state index in [1.54, 1.807) is 14.2 Å². The van der Waals surface area contributed by atoms with Crippen LogP contribution < -0.4 is 15.2 Å². The van der Waals surface area contributed by atoms with Crippen LogP contribution in [0.1, 0.15) is 30.9 Å². The molecule has 0 spiro atoms. The van der Waals surface area contributed by atoms with Gasteiger partial charge in [-0.05, 0) is 25.0 Å². The van der Waals surface area contributed by atoms with Gasteiger partial charge in [-0.15, -0.1) is 12.3 Å². The van der Waals surface area contributed by atoms with Gasteiger partial charge in [0.2, 0.25) is 0 Å². The van der Waals surface area contributed by atoms with Crippen molar-refractivity contribution in [2.24, 2.45) is 5.73 Å². The molecule has 0 amide bonds. The standard InChI is InChI=1S/C14H19NO2/c1-4-5-6-8-11(15)14-12(16-2)9-7-10-13(14)17-3/h1,7,9-11H,5-6,8,15H2,2-3H3. The third-order valence-corrected chi connectivity index (χ3v) is 2.67. The number of unbranched alkanes of at least 4 members (excludes halogenated alkanes) is 1. The van der Waals surface area contributed by atoms with Crippen molar-refractivity contribution in [3.8, 4) is 23.8 Å². The summed E-state index contributed by atoms with van der Waals surface area (Å²) in [6.07, 6.45) is 7.69. The first kappa shape index (κ1) is 13.4. The van der Waals surface area contributed by atoms with Crippen molar-refractivity contribution in [1.82, 2.24) is 0 Å². The molecule has 0 radical (unpaired) electrons. The molecule has 0 saturated carbocycles. The van der Waals surface area contributed by atoms with Gasteiger partial charge in [0, 0.05) is 12.5 Å². The summed E-state index contributed by atoms with van der Waals surface area (Å²) in [6, 6.07) is 5.54. The first-order valence-corrected chi connectivity index (χ1v) is 5.64. The Kier molecular flexibility index (Phi) is 5.38. The summed E-state index contributed by atoms with van der Waals surface area (Å²) >= 11 is 0. The second-order valence-corrected chi connectivity index (χ2v) is 3.78. The van der Waals surface area contributed by atoms with Crippen LogP contribution in [0, 0.1) is 12.3 Å². The van der Waals surface area contributed by atoms with Crippen LogP contribution >= 0.6 is 0 Å². The van der Waals surface area contributed by atoms with Crippen molar-refractivity contribution in [3.05, 3.63) is 23.8 Å². The van der Waals surface area contributed by atoms with Crippen molar-refractivity contribution >= 4 is 0 Å². The molecule has 1 unspecified atom stereocenters. The molecule has 3 nitrogen and oxygen atoms in total. The molecule has 0 aromatic heterocycles. The fourth-order valence-corrected chi connectivity index (χ4v) is 1.81. The molecule has 17 heavy (non-hydrogen) atoms. The molecule has 1 aromatic rings. The lowest BCUT2D eigenvalue weighted by Gasteiger charge is -2.18. The van der Waals surface area contributed by atoms with E-state index in [2.05, 4.69) is 5.92 Å². The van der Waals surface area contributed by atoms with E-state index in [9.17, 15) is 0 Å². The molecule has 1 rings (SSSR count). The highest BCUT2D eigenvalue weighted by Gasteiger charge is 2.16. The molecule has 0 aliphatic heterocycles. The highest BCUT2D eigenvalue weighted by molar-refractivity contribution is 5.46. The van der Waals surface area contributed by atoms with Gasteiger partial charge in [-0.2, -0.15) is 0 Å². The molecule has 1 aromatic carbocycles. The van der Waals surface area contributed by atoms with E-state index in [-0.39, 0.29) is 6.04 Å². The SMILES string of the molecule is C#CCCCC(N)c1c(OC)cccc1OC. The third kappa shape index (κ3) is 3.40. The number of methoxy groups -OCH3 is 2. The Hall–Kier alpha value is -1.66. The van der Waals surface area contributed by atoms with E-state index < -0.39 is 0 Å². The average molecular weight is 233 g/mol. The Morgan fingerprint density at radius 1 is 1.29 bits per heavy atom. The van der Waals surface area contributed by atoms with Gasteiger partial charge in [0.1, 0.15) is 11.5 Å². The number of benzene rings is 1. The summed E-state index contributed by atoms with van der Waals surface area (Å²) in [5.74, 6) is 4.14. The fourth-order valence-electron chi connectivity index (χ4n) is 1.81. The first-order valence-electron chi connectivity index (χ1n) is 5.64. The number of terminal acetylenes is 1. The van der Waals surface area contributed by atoms with Gasteiger partial charge >= 0.3 is 0 Å². The molecule has 0 aliphatic rings. The molecule has 0 saturated heterocycles. The topological polar surface area (TPSA) is 44.5 Å². The zero-order chi connectivity index (χ0) is 12.7. The zero-order valence-electron chi connectivity index (χ0n) is 10.4. The molecule has 0 heterocycles. The molecule has 92 valence electrons. The number of rotatable bonds is 6. The predicted molar refractivity (Wildman–Crippen MR) is 69.2 cm³/mol. The van der Waals surface area contributed by atoms with E-state index in [1.165, 1.54) is 0 Å². The third-order valence-electron chi connectivity index (χ3n) is 2.67. The lowest BCUT2D eigenvalue weighted by Crippen LogP contribution is -2.13. The molecular weight excluding hydrogens is 214 g/mol. The normalized spacial score (nSPS) is 11.6. The highest BCUT2D eigenvalue weighted by Crippen LogP contribution is 2.34. The number of ether oxygens (including phenoxy) is 2. The second-order valence-electron chi connectivity index (χ2n) is 3.78. The van der Waals surface area contributed by atoms with E-state index in [0.29, 0.717) is 0 Å². The van der Waals surface area contributed by atoms with Crippen LogP contribution in [0.15, 0.2) is 18.2 Å². The van der Waals surface area contributed by atoms with Gasteiger partial charge in [-0.3, -0.25) is 0 Å². The van der Waals surface area contributed by atoms with Crippen LogP contribution in [-0.2, 0) is 0 Å². The number of hydrogen-bond acceptors (Lipinski definition) is 3. The Balaban J connectivity index is 2.89. The van der Waals surface area contributed by atoms with Crippen LogP contribution in [0.3, 0.4) is 0 Å². The number of nitrogens with two attached hydrogens (primary N) is 1. The lowest BCUT2D eigenvalue weighted by atomic mass is 10.00. The van der Waals surface area contributed by atoms with E-state index >= 15 is 0 Å². The summed E-state index contributed by atoms with van der Waals surface area (Å²) in [5, 5.41) is 0. The molecule has 0 fully saturated rings. The van der Waals surface area contributed by atoms with Crippen LogP contribution in [0.25, 0.3) is 0 Å². The van der Waals surface area contributed by atoms with Crippen LogP contribution in [0.5, 0.6) is 11.5 Å². The van der Waals surface area contributed by atoms with Gasteiger partial charge in [0.15, 0.2) is 0 Å². The first-order chi connectivity index (χ1) is 8.24. The van der Waals surface area contributed by atoms with Crippen molar-refractivity contribution in [2.75, 3.05) is 14.2 Å². The minimum atomic E-state index is -0.116. The van der Waals surface area contributed by atoms with Gasteiger partial charge in [-0.25, -0.2) is 0 Å².